The van der Waals surface area contributed by atoms with E-state index in [4.69, 9.17) is 10.5 Å². The van der Waals surface area contributed by atoms with E-state index in [1.165, 1.54) is 0 Å². The second kappa shape index (κ2) is 5.92. The van der Waals surface area contributed by atoms with Crippen LogP contribution in [0, 0.1) is 18.8 Å². The first-order chi connectivity index (χ1) is 9.02. The van der Waals surface area contributed by atoms with Crippen molar-refractivity contribution >= 4 is 9.84 Å². The Hall–Kier alpha value is -1.07. The molecule has 0 radical (unpaired) electrons. The highest BCUT2D eigenvalue weighted by Crippen LogP contribution is 2.27. The van der Waals surface area contributed by atoms with Crippen LogP contribution in [0.4, 0.5) is 0 Å². The molecule has 1 aromatic carbocycles. The SMILES string of the molecule is Cc1ccccc1OCC(CN)C1CCS(=O)(=O)C1. The largest absolute Gasteiger partial charge is 0.493 e. The van der Waals surface area contributed by atoms with Gasteiger partial charge in [0.05, 0.1) is 18.1 Å². The minimum Gasteiger partial charge on any atom is -0.493 e. The summed E-state index contributed by atoms with van der Waals surface area (Å²) in [6, 6.07) is 7.81. The number of hydrogen-bond acceptors (Lipinski definition) is 4. The third-order valence-electron chi connectivity index (χ3n) is 3.78. The number of ether oxygens (including phenoxy) is 1. The zero-order chi connectivity index (χ0) is 13.9. The number of aryl methyl sites for hydroxylation is 1. The van der Waals surface area contributed by atoms with Crippen molar-refractivity contribution in [1.29, 1.82) is 0 Å². The summed E-state index contributed by atoms with van der Waals surface area (Å²) in [5.41, 5.74) is 6.85. The number of sulfone groups is 1. The summed E-state index contributed by atoms with van der Waals surface area (Å²) < 4.78 is 28.8. The molecule has 1 fully saturated rings. The molecule has 1 saturated heterocycles. The van der Waals surface area contributed by atoms with Crippen molar-refractivity contribution in [2.45, 2.75) is 13.3 Å². The fourth-order valence-corrected chi connectivity index (χ4v) is 4.43. The van der Waals surface area contributed by atoms with E-state index in [-0.39, 0.29) is 17.6 Å². The summed E-state index contributed by atoms with van der Waals surface area (Å²) in [6.07, 6.45) is 0.710. The molecule has 2 unspecified atom stereocenters. The average molecular weight is 283 g/mol. The van der Waals surface area contributed by atoms with Gasteiger partial charge in [-0.05, 0) is 37.4 Å². The molecular weight excluding hydrogens is 262 g/mol. The molecule has 0 amide bonds. The molecule has 1 aliphatic rings. The lowest BCUT2D eigenvalue weighted by Gasteiger charge is -2.21. The van der Waals surface area contributed by atoms with E-state index in [9.17, 15) is 8.42 Å². The van der Waals surface area contributed by atoms with Crippen LogP contribution < -0.4 is 10.5 Å². The van der Waals surface area contributed by atoms with Gasteiger partial charge in [0.15, 0.2) is 9.84 Å². The van der Waals surface area contributed by atoms with Gasteiger partial charge in [0.1, 0.15) is 5.75 Å². The molecule has 2 atom stereocenters. The molecule has 1 aromatic rings. The third-order valence-corrected chi connectivity index (χ3v) is 5.58. The number of para-hydroxylation sites is 1. The highest BCUT2D eigenvalue weighted by molar-refractivity contribution is 7.91. The van der Waals surface area contributed by atoms with Crippen molar-refractivity contribution in [3.05, 3.63) is 29.8 Å². The minimum absolute atomic E-state index is 0.108. The van der Waals surface area contributed by atoms with Gasteiger partial charge in [-0.3, -0.25) is 0 Å². The van der Waals surface area contributed by atoms with Crippen LogP contribution in [-0.4, -0.2) is 33.1 Å². The Morgan fingerprint density at radius 1 is 1.42 bits per heavy atom. The summed E-state index contributed by atoms with van der Waals surface area (Å²) in [5, 5.41) is 0. The Morgan fingerprint density at radius 3 is 2.74 bits per heavy atom. The van der Waals surface area contributed by atoms with Crippen molar-refractivity contribution in [2.24, 2.45) is 17.6 Å². The molecule has 0 bridgehead atoms. The van der Waals surface area contributed by atoms with Crippen molar-refractivity contribution < 1.29 is 13.2 Å². The molecular formula is C14H21NO3S. The molecule has 4 nitrogen and oxygen atoms in total. The van der Waals surface area contributed by atoms with Crippen LogP contribution in [0.1, 0.15) is 12.0 Å². The maximum Gasteiger partial charge on any atom is 0.150 e. The summed E-state index contributed by atoms with van der Waals surface area (Å²) >= 11 is 0. The molecule has 0 aliphatic carbocycles. The number of hydrogen-bond donors (Lipinski definition) is 1. The van der Waals surface area contributed by atoms with E-state index < -0.39 is 9.84 Å². The van der Waals surface area contributed by atoms with Crippen molar-refractivity contribution in [3.8, 4) is 5.75 Å². The molecule has 2 rings (SSSR count). The molecule has 106 valence electrons. The van der Waals surface area contributed by atoms with E-state index in [2.05, 4.69) is 0 Å². The highest BCUT2D eigenvalue weighted by atomic mass is 32.2. The van der Waals surface area contributed by atoms with Crippen LogP contribution in [0.5, 0.6) is 5.75 Å². The van der Waals surface area contributed by atoms with Crippen molar-refractivity contribution in [3.63, 3.8) is 0 Å². The molecule has 2 N–H and O–H groups in total. The summed E-state index contributed by atoms with van der Waals surface area (Å²) in [4.78, 5) is 0. The topological polar surface area (TPSA) is 69.4 Å². The van der Waals surface area contributed by atoms with Crippen LogP contribution >= 0.6 is 0 Å². The van der Waals surface area contributed by atoms with Crippen molar-refractivity contribution in [2.75, 3.05) is 24.7 Å². The molecule has 0 aromatic heterocycles. The first kappa shape index (κ1) is 14.3. The van der Waals surface area contributed by atoms with E-state index >= 15 is 0 Å². The zero-order valence-electron chi connectivity index (χ0n) is 11.2. The van der Waals surface area contributed by atoms with E-state index in [1.807, 2.05) is 31.2 Å². The Bertz CT molecular complexity index is 527. The maximum atomic E-state index is 11.5. The number of nitrogens with two attached hydrogens (primary N) is 1. The van der Waals surface area contributed by atoms with Gasteiger partial charge < -0.3 is 10.5 Å². The smallest absolute Gasteiger partial charge is 0.150 e. The maximum absolute atomic E-state index is 11.5. The lowest BCUT2D eigenvalue weighted by Crippen LogP contribution is -2.30. The fraction of sp³-hybridized carbons (Fsp3) is 0.571. The van der Waals surface area contributed by atoms with Gasteiger partial charge in [0.25, 0.3) is 0 Å². The second-order valence-corrected chi connectivity index (χ2v) is 7.46. The lowest BCUT2D eigenvalue weighted by atomic mass is 9.93. The van der Waals surface area contributed by atoms with Crippen LogP contribution in [0.2, 0.25) is 0 Å². The first-order valence-corrected chi connectivity index (χ1v) is 8.43. The van der Waals surface area contributed by atoms with E-state index in [0.29, 0.717) is 25.3 Å². The normalized spacial score (nSPS) is 23.2. The molecule has 19 heavy (non-hydrogen) atoms. The Balaban J connectivity index is 1.95. The van der Waals surface area contributed by atoms with Gasteiger partial charge in [0, 0.05) is 5.92 Å². The Kier molecular flexibility index (Phi) is 4.47. The predicted molar refractivity (Wildman–Crippen MR) is 76.0 cm³/mol. The van der Waals surface area contributed by atoms with Crippen LogP contribution in [0.25, 0.3) is 0 Å². The van der Waals surface area contributed by atoms with Gasteiger partial charge in [-0.15, -0.1) is 0 Å². The third kappa shape index (κ3) is 3.70. The van der Waals surface area contributed by atoms with Gasteiger partial charge in [-0.1, -0.05) is 18.2 Å². The van der Waals surface area contributed by atoms with Gasteiger partial charge in [-0.2, -0.15) is 0 Å². The standard InChI is InChI=1S/C14H21NO3S/c1-11-4-2-3-5-14(11)18-9-13(8-15)12-6-7-19(16,17)10-12/h2-5,12-13H,6-10,15H2,1H3. The van der Waals surface area contributed by atoms with Crippen LogP contribution in [0.15, 0.2) is 24.3 Å². The molecule has 5 heteroatoms. The van der Waals surface area contributed by atoms with Gasteiger partial charge in [0.2, 0.25) is 0 Å². The molecule has 0 saturated carbocycles. The number of rotatable bonds is 5. The Morgan fingerprint density at radius 2 is 2.16 bits per heavy atom. The first-order valence-electron chi connectivity index (χ1n) is 6.61. The quantitative estimate of drug-likeness (QED) is 0.886. The lowest BCUT2D eigenvalue weighted by molar-refractivity contribution is 0.208. The second-order valence-electron chi connectivity index (χ2n) is 5.24. The monoisotopic (exact) mass is 283 g/mol. The van der Waals surface area contributed by atoms with Gasteiger partial charge in [-0.25, -0.2) is 8.42 Å². The molecule has 0 spiro atoms. The van der Waals surface area contributed by atoms with Crippen molar-refractivity contribution in [1.82, 2.24) is 0 Å². The van der Waals surface area contributed by atoms with E-state index in [0.717, 1.165) is 11.3 Å². The fourth-order valence-electron chi connectivity index (χ4n) is 2.51. The highest BCUT2D eigenvalue weighted by Gasteiger charge is 2.33. The molecule has 1 heterocycles. The van der Waals surface area contributed by atoms with Crippen LogP contribution in [0.3, 0.4) is 0 Å². The predicted octanol–water partition coefficient (Wildman–Crippen LogP) is 1.38. The van der Waals surface area contributed by atoms with Crippen LogP contribution in [-0.2, 0) is 9.84 Å². The summed E-state index contributed by atoms with van der Waals surface area (Å²) in [7, 11) is -2.85. The van der Waals surface area contributed by atoms with E-state index in [1.54, 1.807) is 0 Å². The number of benzene rings is 1. The van der Waals surface area contributed by atoms with Gasteiger partial charge >= 0.3 is 0 Å². The average Bonchev–Trinajstić information content (AvgIpc) is 2.73. The Labute approximate surface area is 114 Å². The zero-order valence-corrected chi connectivity index (χ0v) is 12.0. The minimum atomic E-state index is -2.85. The summed E-state index contributed by atoms with van der Waals surface area (Å²) in [5.74, 6) is 1.64. The molecule has 1 aliphatic heterocycles. The summed E-state index contributed by atoms with van der Waals surface area (Å²) in [6.45, 7) is 2.94.